The van der Waals surface area contributed by atoms with Crippen LogP contribution in [-0.2, 0) is 6.42 Å². The molecule has 2 aromatic carbocycles. The maximum atomic E-state index is 10.8. The molecule has 1 aliphatic heterocycles. The van der Waals surface area contributed by atoms with Crippen molar-refractivity contribution in [2.45, 2.75) is 38.0 Å². The molecule has 30 heavy (non-hydrogen) atoms. The number of likely N-dealkylation sites (tertiary alicyclic amines) is 1. The zero-order valence-corrected chi connectivity index (χ0v) is 17.0. The lowest BCUT2D eigenvalue weighted by Gasteiger charge is -2.32. The molecular formula is C24H28N2O4. The fourth-order valence-corrected chi connectivity index (χ4v) is 4.42. The molecule has 1 fully saturated rings. The molecule has 0 unspecified atom stereocenters. The number of benzene rings is 2. The van der Waals surface area contributed by atoms with Crippen molar-refractivity contribution < 1.29 is 19.7 Å². The Morgan fingerprint density at radius 1 is 1.10 bits per heavy atom. The van der Waals surface area contributed by atoms with Crippen LogP contribution >= 0.6 is 0 Å². The second-order valence-electron chi connectivity index (χ2n) is 8.05. The van der Waals surface area contributed by atoms with Crippen LogP contribution in [0.1, 0.15) is 42.7 Å². The Morgan fingerprint density at radius 2 is 1.87 bits per heavy atom. The number of hydrogen-bond acceptors (Lipinski definition) is 4. The Hall–Kier alpha value is -2.99. The Bertz CT molecular complexity index is 988. The second kappa shape index (κ2) is 9.22. The molecule has 0 saturated carbocycles. The van der Waals surface area contributed by atoms with Crippen LogP contribution in [0.4, 0.5) is 4.79 Å². The van der Waals surface area contributed by atoms with Gasteiger partial charge in [-0.05, 0) is 99.1 Å². The van der Waals surface area contributed by atoms with Crippen LogP contribution in [0.2, 0.25) is 0 Å². The van der Waals surface area contributed by atoms with Gasteiger partial charge in [0.25, 0.3) is 0 Å². The molecule has 1 aliphatic rings. The largest absolute Gasteiger partial charge is 0.511 e. The van der Waals surface area contributed by atoms with E-state index in [0.717, 1.165) is 49.8 Å². The number of phenols is 1. The summed E-state index contributed by atoms with van der Waals surface area (Å²) in [6, 6.07) is 13.0. The highest BCUT2D eigenvalue weighted by molar-refractivity contribution is 5.85. The van der Waals surface area contributed by atoms with Crippen LogP contribution in [-0.4, -0.2) is 45.9 Å². The van der Waals surface area contributed by atoms with Crippen LogP contribution in [0.25, 0.3) is 10.9 Å². The number of hydrogen-bond donors (Lipinski definition) is 3. The number of H-pyrrole nitrogens is 1. The summed E-state index contributed by atoms with van der Waals surface area (Å²) in [4.78, 5) is 16.6. The van der Waals surface area contributed by atoms with Crippen molar-refractivity contribution >= 4 is 17.1 Å². The Labute approximate surface area is 176 Å². The summed E-state index contributed by atoms with van der Waals surface area (Å²) in [6.45, 7) is 3.35. The van der Waals surface area contributed by atoms with Gasteiger partial charge >= 0.3 is 6.16 Å². The highest BCUT2D eigenvalue weighted by atomic mass is 16.7. The van der Waals surface area contributed by atoms with Crippen LogP contribution in [0, 0.1) is 0 Å². The zero-order valence-electron chi connectivity index (χ0n) is 17.0. The van der Waals surface area contributed by atoms with Gasteiger partial charge in [-0.3, -0.25) is 0 Å². The fraction of sp³-hybridized carbons (Fsp3) is 0.375. The maximum absolute atomic E-state index is 10.8. The molecule has 0 spiro atoms. The molecule has 0 bridgehead atoms. The van der Waals surface area contributed by atoms with E-state index in [1.165, 1.54) is 24.0 Å². The first kappa shape index (κ1) is 20.3. The van der Waals surface area contributed by atoms with Crippen molar-refractivity contribution in [1.29, 1.82) is 0 Å². The summed E-state index contributed by atoms with van der Waals surface area (Å²) in [7, 11) is 0. The smallest absolute Gasteiger partial charge is 0.508 e. The highest BCUT2D eigenvalue weighted by Crippen LogP contribution is 2.29. The number of rotatable bonds is 7. The SMILES string of the molecule is O=C(O)Oc1ccc2[nH]cc(CCCCN3CCC(c4ccc(O)cc4)CC3)c2c1. The predicted octanol–water partition coefficient (Wildman–Crippen LogP) is 5.13. The Kier molecular flexibility index (Phi) is 6.23. The van der Waals surface area contributed by atoms with E-state index in [-0.39, 0.29) is 0 Å². The fourth-order valence-electron chi connectivity index (χ4n) is 4.42. The Morgan fingerprint density at radius 3 is 2.60 bits per heavy atom. The van der Waals surface area contributed by atoms with E-state index in [4.69, 9.17) is 9.84 Å². The van der Waals surface area contributed by atoms with Gasteiger partial charge in [0.2, 0.25) is 0 Å². The lowest BCUT2D eigenvalue weighted by atomic mass is 9.89. The standard InChI is InChI=1S/C24H28N2O4/c27-20-6-4-17(5-7-20)18-10-13-26(14-11-18)12-2-1-3-19-16-25-23-9-8-21(15-22(19)23)30-24(28)29/h4-9,15-16,18,25,27H,1-3,10-14H2,(H,28,29). The molecule has 4 rings (SSSR count). The number of piperidine rings is 1. The topological polar surface area (TPSA) is 85.8 Å². The van der Waals surface area contributed by atoms with Gasteiger partial charge in [0.05, 0.1) is 0 Å². The molecular weight excluding hydrogens is 380 g/mol. The van der Waals surface area contributed by atoms with Crippen LogP contribution in [0.3, 0.4) is 0 Å². The van der Waals surface area contributed by atoms with Gasteiger partial charge in [-0.2, -0.15) is 0 Å². The molecule has 1 aromatic heterocycles. The first-order valence-corrected chi connectivity index (χ1v) is 10.6. The number of aryl methyl sites for hydroxylation is 1. The van der Waals surface area contributed by atoms with E-state index < -0.39 is 6.16 Å². The number of ether oxygens (including phenoxy) is 1. The number of aromatic nitrogens is 1. The molecule has 6 heteroatoms. The first-order chi connectivity index (χ1) is 14.6. The summed E-state index contributed by atoms with van der Waals surface area (Å²) in [6.07, 6.45) is 6.25. The van der Waals surface area contributed by atoms with Gasteiger partial charge in [0, 0.05) is 17.1 Å². The van der Waals surface area contributed by atoms with Crippen LogP contribution in [0.15, 0.2) is 48.7 Å². The maximum Gasteiger partial charge on any atom is 0.511 e. The molecule has 0 atom stereocenters. The average Bonchev–Trinajstić information content (AvgIpc) is 3.14. The second-order valence-corrected chi connectivity index (χ2v) is 8.05. The van der Waals surface area contributed by atoms with E-state index in [1.54, 1.807) is 24.3 Å². The molecule has 0 aliphatic carbocycles. The molecule has 158 valence electrons. The minimum atomic E-state index is -1.29. The van der Waals surface area contributed by atoms with Crippen molar-refractivity contribution in [2.24, 2.45) is 0 Å². The summed E-state index contributed by atoms with van der Waals surface area (Å²) in [5, 5.41) is 19.3. The minimum absolute atomic E-state index is 0.331. The molecule has 3 N–H and O–H groups in total. The number of nitrogens with one attached hydrogen (secondary N) is 1. The van der Waals surface area contributed by atoms with Crippen molar-refractivity contribution in [2.75, 3.05) is 19.6 Å². The average molecular weight is 408 g/mol. The van der Waals surface area contributed by atoms with Gasteiger partial charge in [0.1, 0.15) is 11.5 Å². The van der Waals surface area contributed by atoms with E-state index in [1.807, 2.05) is 24.4 Å². The van der Waals surface area contributed by atoms with Gasteiger partial charge < -0.3 is 24.8 Å². The number of aromatic hydroxyl groups is 1. The van der Waals surface area contributed by atoms with E-state index in [9.17, 15) is 9.90 Å². The third-order valence-electron chi connectivity index (χ3n) is 6.07. The van der Waals surface area contributed by atoms with Gasteiger partial charge in [-0.25, -0.2) is 4.79 Å². The first-order valence-electron chi connectivity index (χ1n) is 10.6. The Balaban J connectivity index is 1.23. The normalized spacial score (nSPS) is 15.5. The zero-order chi connectivity index (χ0) is 20.9. The minimum Gasteiger partial charge on any atom is -0.508 e. The van der Waals surface area contributed by atoms with Gasteiger partial charge in [-0.15, -0.1) is 0 Å². The van der Waals surface area contributed by atoms with Gasteiger partial charge in [-0.1, -0.05) is 12.1 Å². The lowest BCUT2D eigenvalue weighted by Crippen LogP contribution is -2.33. The third-order valence-corrected chi connectivity index (χ3v) is 6.07. The summed E-state index contributed by atoms with van der Waals surface area (Å²) in [5.41, 5.74) is 3.53. The number of unbranched alkanes of at least 4 members (excludes halogenated alkanes) is 1. The van der Waals surface area contributed by atoms with Crippen molar-refractivity contribution in [3.05, 3.63) is 59.8 Å². The molecule has 3 aromatic rings. The van der Waals surface area contributed by atoms with Crippen molar-refractivity contribution in [3.63, 3.8) is 0 Å². The number of carboxylic acid groups (broad SMARTS) is 1. The predicted molar refractivity (Wildman–Crippen MR) is 116 cm³/mol. The van der Waals surface area contributed by atoms with E-state index >= 15 is 0 Å². The number of phenolic OH excluding ortho intramolecular Hbond substituents is 1. The molecule has 2 heterocycles. The summed E-state index contributed by atoms with van der Waals surface area (Å²) in [5.74, 6) is 1.28. The number of nitrogens with zero attached hydrogens (tertiary/aromatic N) is 1. The lowest BCUT2D eigenvalue weighted by molar-refractivity contribution is 0.144. The van der Waals surface area contributed by atoms with Crippen LogP contribution < -0.4 is 4.74 Å². The molecule has 0 radical (unpaired) electrons. The summed E-state index contributed by atoms with van der Waals surface area (Å²) < 4.78 is 4.78. The monoisotopic (exact) mass is 408 g/mol. The molecule has 0 amide bonds. The quantitative estimate of drug-likeness (QED) is 0.287. The third kappa shape index (κ3) is 4.94. The highest BCUT2D eigenvalue weighted by Gasteiger charge is 2.20. The van der Waals surface area contributed by atoms with E-state index in [0.29, 0.717) is 17.4 Å². The molecule has 6 nitrogen and oxygen atoms in total. The van der Waals surface area contributed by atoms with Crippen molar-refractivity contribution in [1.82, 2.24) is 9.88 Å². The molecule has 1 saturated heterocycles. The summed E-state index contributed by atoms with van der Waals surface area (Å²) >= 11 is 0. The number of aromatic amines is 1. The number of carbonyl (C=O) groups is 1. The number of fused-ring (bicyclic) bond motifs is 1. The van der Waals surface area contributed by atoms with E-state index in [2.05, 4.69) is 9.88 Å². The van der Waals surface area contributed by atoms with Crippen LogP contribution in [0.5, 0.6) is 11.5 Å². The van der Waals surface area contributed by atoms with Crippen molar-refractivity contribution in [3.8, 4) is 11.5 Å². The van der Waals surface area contributed by atoms with Gasteiger partial charge in [0.15, 0.2) is 0 Å².